The average Bonchev–Trinajstić information content (AvgIpc) is 2.40. The van der Waals surface area contributed by atoms with E-state index in [0.29, 0.717) is 5.92 Å². The number of rotatable bonds is 4. The molecule has 0 aliphatic heterocycles. The minimum Gasteiger partial charge on any atom is -0.0651 e. The highest BCUT2D eigenvalue weighted by Crippen LogP contribution is 2.27. The van der Waals surface area contributed by atoms with E-state index in [4.69, 9.17) is 0 Å². The van der Waals surface area contributed by atoms with Gasteiger partial charge in [0.2, 0.25) is 0 Å². The zero-order chi connectivity index (χ0) is 12.1. The Hall–Kier alpha value is -1.56. The highest BCUT2D eigenvalue weighted by atomic mass is 14.2. The monoisotopic (exact) mass is 224 g/mol. The van der Waals surface area contributed by atoms with Gasteiger partial charge < -0.3 is 0 Å². The SMILES string of the molecule is CCCc1ccccc1C(C)c1ccccc1. The first-order valence-corrected chi connectivity index (χ1v) is 6.45. The van der Waals surface area contributed by atoms with Crippen LogP contribution in [-0.2, 0) is 6.42 Å². The van der Waals surface area contributed by atoms with Gasteiger partial charge in [0.25, 0.3) is 0 Å². The van der Waals surface area contributed by atoms with Crippen molar-refractivity contribution in [3.05, 3.63) is 71.3 Å². The van der Waals surface area contributed by atoms with Crippen molar-refractivity contribution in [2.24, 2.45) is 0 Å². The van der Waals surface area contributed by atoms with Crippen molar-refractivity contribution >= 4 is 0 Å². The van der Waals surface area contributed by atoms with Gasteiger partial charge in [-0.15, -0.1) is 0 Å². The molecule has 2 aromatic rings. The van der Waals surface area contributed by atoms with E-state index in [0.717, 1.165) is 0 Å². The third-order valence-corrected chi connectivity index (χ3v) is 3.34. The molecule has 0 nitrogen and oxygen atoms in total. The van der Waals surface area contributed by atoms with Gasteiger partial charge in [-0.3, -0.25) is 0 Å². The second kappa shape index (κ2) is 5.67. The normalized spacial score (nSPS) is 12.4. The van der Waals surface area contributed by atoms with Crippen molar-refractivity contribution in [2.45, 2.75) is 32.6 Å². The van der Waals surface area contributed by atoms with E-state index < -0.39 is 0 Å². The maximum absolute atomic E-state index is 2.30. The number of aryl methyl sites for hydroxylation is 1. The van der Waals surface area contributed by atoms with Crippen molar-refractivity contribution in [3.63, 3.8) is 0 Å². The maximum Gasteiger partial charge on any atom is 0.00637 e. The molecule has 0 saturated carbocycles. The average molecular weight is 224 g/mol. The summed E-state index contributed by atoms with van der Waals surface area (Å²) in [6, 6.07) is 19.6. The third kappa shape index (κ3) is 2.76. The van der Waals surface area contributed by atoms with Crippen molar-refractivity contribution in [1.29, 1.82) is 0 Å². The summed E-state index contributed by atoms with van der Waals surface area (Å²) in [7, 11) is 0. The van der Waals surface area contributed by atoms with E-state index >= 15 is 0 Å². The molecule has 0 radical (unpaired) electrons. The molecule has 88 valence electrons. The number of hydrogen-bond donors (Lipinski definition) is 0. The Morgan fingerprint density at radius 2 is 1.53 bits per heavy atom. The van der Waals surface area contributed by atoms with E-state index in [-0.39, 0.29) is 0 Å². The summed E-state index contributed by atoms with van der Waals surface area (Å²) in [5.41, 5.74) is 4.36. The quantitative estimate of drug-likeness (QED) is 0.700. The minimum atomic E-state index is 0.485. The molecule has 2 rings (SSSR count). The highest BCUT2D eigenvalue weighted by Gasteiger charge is 2.11. The van der Waals surface area contributed by atoms with Gasteiger partial charge in [0, 0.05) is 5.92 Å². The maximum atomic E-state index is 2.30. The van der Waals surface area contributed by atoms with E-state index in [9.17, 15) is 0 Å². The lowest BCUT2D eigenvalue weighted by molar-refractivity contribution is 0.853. The van der Waals surface area contributed by atoms with Gasteiger partial charge >= 0.3 is 0 Å². The Kier molecular flexibility index (Phi) is 3.98. The summed E-state index contributed by atoms with van der Waals surface area (Å²) in [6.07, 6.45) is 2.38. The van der Waals surface area contributed by atoms with Crippen molar-refractivity contribution < 1.29 is 0 Å². The molecule has 17 heavy (non-hydrogen) atoms. The second-order valence-electron chi connectivity index (χ2n) is 4.58. The van der Waals surface area contributed by atoms with Crippen LogP contribution in [-0.4, -0.2) is 0 Å². The zero-order valence-corrected chi connectivity index (χ0v) is 10.7. The fraction of sp³-hybridized carbons (Fsp3) is 0.294. The van der Waals surface area contributed by atoms with E-state index in [1.165, 1.54) is 29.5 Å². The molecular weight excluding hydrogens is 204 g/mol. The lowest BCUT2D eigenvalue weighted by atomic mass is 9.88. The van der Waals surface area contributed by atoms with Crippen LogP contribution in [0.1, 0.15) is 42.9 Å². The zero-order valence-electron chi connectivity index (χ0n) is 10.7. The van der Waals surface area contributed by atoms with Crippen LogP contribution in [0.2, 0.25) is 0 Å². The predicted octanol–water partition coefficient (Wildman–Crippen LogP) is 4.79. The molecule has 2 aromatic carbocycles. The summed E-state index contributed by atoms with van der Waals surface area (Å²) in [5.74, 6) is 0.485. The smallest absolute Gasteiger partial charge is 0.00637 e. The summed E-state index contributed by atoms with van der Waals surface area (Å²) < 4.78 is 0. The van der Waals surface area contributed by atoms with E-state index in [1.807, 2.05) is 0 Å². The Balaban J connectivity index is 2.33. The number of benzene rings is 2. The first kappa shape index (κ1) is 11.9. The molecule has 0 saturated heterocycles. The van der Waals surface area contributed by atoms with Gasteiger partial charge in [0.05, 0.1) is 0 Å². The lowest BCUT2D eigenvalue weighted by Gasteiger charge is -2.16. The molecule has 0 heteroatoms. The molecule has 0 heterocycles. The molecular formula is C17H20. The van der Waals surface area contributed by atoms with Crippen LogP contribution >= 0.6 is 0 Å². The minimum absolute atomic E-state index is 0.485. The lowest BCUT2D eigenvalue weighted by Crippen LogP contribution is -2.00. The van der Waals surface area contributed by atoms with Gasteiger partial charge in [-0.05, 0) is 23.1 Å². The topological polar surface area (TPSA) is 0 Å². The van der Waals surface area contributed by atoms with Crippen LogP contribution in [0.25, 0.3) is 0 Å². The Morgan fingerprint density at radius 1 is 0.882 bits per heavy atom. The van der Waals surface area contributed by atoms with Crippen molar-refractivity contribution in [3.8, 4) is 0 Å². The van der Waals surface area contributed by atoms with Gasteiger partial charge in [-0.25, -0.2) is 0 Å². The van der Waals surface area contributed by atoms with Crippen molar-refractivity contribution in [1.82, 2.24) is 0 Å². The molecule has 0 aliphatic carbocycles. The third-order valence-electron chi connectivity index (χ3n) is 3.34. The molecule has 0 spiro atoms. The van der Waals surface area contributed by atoms with Crippen LogP contribution in [0, 0.1) is 0 Å². The highest BCUT2D eigenvalue weighted by molar-refractivity contribution is 5.37. The van der Waals surface area contributed by atoms with E-state index in [1.54, 1.807) is 0 Å². The molecule has 0 amide bonds. The van der Waals surface area contributed by atoms with Gasteiger partial charge in [-0.1, -0.05) is 74.9 Å². The molecule has 0 aliphatic rings. The number of hydrogen-bond acceptors (Lipinski definition) is 0. The molecule has 0 aromatic heterocycles. The Labute approximate surface area is 104 Å². The summed E-state index contributed by atoms with van der Waals surface area (Å²) in [5, 5.41) is 0. The van der Waals surface area contributed by atoms with Crippen LogP contribution in [0.3, 0.4) is 0 Å². The standard InChI is InChI=1S/C17H20/c1-3-9-16-12-7-8-13-17(16)14(2)15-10-5-4-6-11-15/h4-8,10-14H,3,9H2,1-2H3. The molecule has 0 N–H and O–H groups in total. The summed E-state index contributed by atoms with van der Waals surface area (Å²) in [6.45, 7) is 4.54. The van der Waals surface area contributed by atoms with Crippen LogP contribution in [0.4, 0.5) is 0 Å². The molecule has 0 bridgehead atoms. The second-order valence-corrected chi connectivity index (χ2v) is 4.58. The first-order valence-electron chi connectivity index (χ1n) is 6.45. The van der Waals surface area contributed by atoms with Crippen LogP contribution in [0.5, 0.6) is 0 Å². The Morgan fingerprint density at radius 3 is 2.24 bits per heavy atom. The molecule has 1 unspecified atom stereocenters. The fourth-order valence-electron chi connectivity index (χ4n) is 2.37. The first-order chi connectivity index (χ1) is 8.33. The summed E-state index contributed by atoms with van der Waals surface area (Å²) >= 11 is 0. The summed E-state index contributed by atoms with van der Waals surface area (Å²) in [4.78, 5) is 0. The van der Waals surface area contributed by atoms with Crippen LogP contribution < -0.4 is 0 Å². The fourth-order valence-corrected chi connectivity index (χ4v) is 2.37. The largest absolute Gasteiger partial charge is 0.0651 e. The predicted molar refractivity (Wildman–Crippen MR) is 74.4 cm³/mol. The van der Waals surface area contributed by atoms with Gasteiger partial charge in [-0.2, -0.15) is 0 Å². The van der Waals surface area contributed by atoms with Crippen molar-refractivity contribution in [2.75, 3.05) is 0 Å². The molecule has 0 fully saturated rings. The van der Waals surface area contributed by atoms with Crippen LogP contribution in [0.15, 0.2) is 54.6 Å². The van der Waals surface area contributed by atoms with Gasteiger partial charge in [0.1, 0.15) is 0 Å². The van der Waals surface area contributed by atoms with Gasteiger partial charge in [0.15, 0.2) is 0 Å². The Bertz CT molecular complexity index is 456. The van der Waals surface area contributed by atoms with E-state index in [2.05, 4.69) is 68.4 Å². The molecule has 1 atom stereocenters.